The van der Waals surface area contributed by atoms with Crippen LogP contribution in [0.2, 0.25) is 0 Å². The van der Waals surface area contributed by atoms with Crippen LogP contribution in [0.1, 0.15) is 29.5 Å². The molecular weight excluding hydrogens is 270 g/mol. The zero-order chi connectivity index (χ0) is 15.4. The van der Waals surface area contributed by atoms with E-state index in [-0.39, 0.29) is 5.41 Å². The maximum absolute atomic E-state index is 11.8. The van der Waals surface area contributed by atoms with E-state index in [2.05, 4.69) is 66.4 Å². The predicted molar refractivity (Wildman–Crippen MR) is 89.9 cm³/mol. The minimum absolute atomic E-state index is 0.291. The highest BCUT2D eigenvalue weighted by Crippen LogP contribution is 2.34. The molecule has 2 aromatic rings. The summed E-state index contributed by atoms with van der Waals surface area (Å²) >= 11 is 0. The van der Waals surface area contributed by atoms with Crippen LogP contribution >= 0.6 is 0 Å². The second-order valence-corrected chi connectivity index (χ2v) is 6.40. The first-order valence-corrected chi connectivity index (χ1v) is 8.02. The first-order chi connectivity index (χ1) is 10.7. The van der Waals surface area contributed by atoms with E-state index in [1.165, 1.54) is 23.0 Å². The molecule has 0 saturated carbocycles. The molecule has 2 aromatic carbocycles. The Hall–Kier alpha value is -1.93. The van der Waals surface area contributed by atoms with E-state index in [0.717, 1.165) is 32.5 Å². The Morgan fingerprint density at radius 1 is 1.00 bits per heavy atom. The van der Waals surface area contributed by atoms with E-state index >= 15 is 0 Å². The molecule has 3 rings (SSSR count). The van der Waals surface area contributed by atoms with Gasteiger partial charge in [0, 0.05) is 6.54 Å². The summed E-state index contributed by atoms with van der Waals surface area (Å²) < 4.78 is 0. The summed E-state index contributed by atoms with van der Waals surface area (Å²) in [6.45, 7) is 5.01. The number of benzene rings is 2. The van der Waals surface area contributed by atoms with Crippen molar-refractivity contribution in [1.29, 1.82) is 0 Å². The number of hydrogen-bond donors (Lipinski definition) is 0. The molecule has 0 aromatic heterocycles. The molecule has 1 aliphatic rings. The Morgan fingerprint density at radius 3 is 2.23 bits per heavy atom. The van der Waals surface area contributed by atoms with Crippen LogP contribution in [0, 0.1) is 6.92 Å². The number of aryl methyl sites for hydroxylation is 1. The van der Waals surface area contributed by atoms with Gasteiger partial charge in [0.2, 0.25) is 0 Å². The number of carbonyl (C=O) groups is 1. The Balaban J connectivity index is 1.68. The summed E-state index contributed by atoms with van der Waals surface area (Å²) in [4.78, 5) is 14.3. The van der Waals surface area contributed by atoms with Gasteiger partial charge >= 0.3 is 0 Å². The van der Waals surface area contributed by atoms with Crippen LogP contribution in [-0.2, 0) is 16.8 Å². The van der Waals surface area contributed by atoms with Gasteiger partial charge in [0.25, 0.3) is 0 Å². The fourth-order valence-electron chi connectivity index (χ4n) is 3.31. The van der Waals surface area contributed by atoms with Crippen molar-refractivity contribution < 1.29 is 4.79 Å². The normalized spacial score (nSPS) is 18.0. The zero-order valence-electron chi connectivity index (χ0n) is 13.2. The third-order valence-electron chi connectivity index (χ3n) is 4.85. The molecule has 0 amide bonds. The van der Waals surface area contributed by atoms with Crippen LogP contribution < -0.4 is 0 Å². The molecule has 0 radical (unpaired) electrons. The lowest BCUT2D eigenvalue weighted by Crippen LogP contribution is -2.43. The molecule has 1 heterocycles. The standard InChI is InChI=1S/C20H23NO/c1-17-7-9-19(10-8-17)20(16-22)11-13-21(14-12-20)15-18-5-3-2-4-6-18/h2-10,16H,11-15H2,1H3. The number of hydrogen-bond acceptors (Lipinski definition) is 2. The number of carbonyl (C=O) groups excluding carboxylic acids is 1. The molecular formula is C20H23NO. The Bertz CT molecular complexity index is 610. The summed E-state index contributed by atoms with van der Waals surface area (Å²) in [5, 5.41) is 0. The minimum Gasteiger partial charge on any atom is -0.302 e. The van der Waals surface area contributed by atoms with Crippen LogP contribution in [0.4, 0.5) is 0 Å². The Kier molecular flexibility index (Phi) is 4.39. The number of rotatable bonds is 4. The number of piperidine rings is 1. The lowest BCUT2D eigenvalue weighted by atomic mass is 9.74. The van der Waals surface area contributed by atoms with E-state index in [0.29, 0.717) is 0 Å². The fraction of sp³-hybridized carbons (Fsp3) is 0.350. The van der Waals surface area contributed by atoms with E-state index < -0.39 is 0 Å². The van der Waals surface area contributed by atoms with Gasteiger partial charge in [-0.05, 0) is 44.0 Å². The summed E-state index contributed by atoms with van der Waals surface area (Å²) in [7, 11) is 0. The summed E-state index contributed by atoms with van der Waals surface area (Å²) in [5.74, 6) is 0. The predicted octanol–water partition coefficient (Wildman–Crippen LogP) is 3.73. The maximum atomic E-state index is 11.8. The number of nitrogens with zero attached hydrogens (tertiary/aromatic N) is 1. The van der Waals surface area contributed by atoms with Gasteiger partial charge in [-0.25, -0.2) is 0 Å². The van der Waals surface area contributed by atoms with E-state index in [4.69, 9.17) is 0 Å². The van der Waals surface area contributed by atoms with Gasteiger partial charge in [-0.15, -0.1) is 0 Å². The molecule has 2 heteroatoms. The van der Waals surface area contributed by atoms with Crippen LogP contribution in [-0.4, -0.2) is 24.3 Å². The van der Waals surface area contributed by atoms with E-state index in [9.17, 15) is 4.79 Å². The molecule has 1 aliphatic heterocycles. The summed E-state index contributed by atoms with van der Waals surface area (Å²) in [6.07, 6.45) is 3.00. The monoisotopic (exact) mass is 293 g/mol. The van der Waals surface area contributed by atoms with Gasteiger partial charge in [0.1, 0.15) is 6.29 Å². The minimum atomic E-state index is -0.291. The first-order valence-electron chi connectivity index (χ1n) is 8.02. The number of likely N-dealkylation sites (tertiary alicyclic amines) is 1. The van der Waals surface area contributed by atoms with Crippen molar-refractivity contribution in [1.82, 2.24) is 4.90 Å². The van der Waals surface area contributed by atoms with E-state index in [1.807, 2.05) is 0 Å². The fourth-order valence-corrected chi connectivity index (χ4v) is 3.31. The smallest absolute Gasteiger partial charge is 0.130 e. The third kappa shape index (κ3) is 3.12. The lowest BCUT2D eigenvalue weighted by molar-refractivity contribution is -0.114. The molecule has 2 nitrogen and oxygen atoms in total. The first kappa shape index (κ1) is 15.0. The van der Waals surface area contributed by atoms with Crippen LogP contribution in [0.15, 0.2) is 54.6 Å². The van der Waals surface area contributed by atoms with Gasteiger partial charge in [-0.3, -0.25) is 4.90 Å². The summed E-state index contributed by atoms with van der Waals surface area (Å²) in [5.41, 5.74) is 3.47. The topological polar surface area (TPSA) is 20.3 Å². The second kappa shape index (κ2) is 6.45. The van der Waals surface area contributed by atoms with Crippen molar-refractivity contribution in [3.8, 4) is 0 Å². The second-order valence-electron chi connectivity index (χ2n) is 6.40. The SMILES string of the molecule is Cc1ccc(C2(C=O)CCN(Cc3ccccc3)CC2)cc1. The van der Waals surface area contributed by atoms with Gasteiger partial charge in [-0.2, -0.15) is 0 Å². The molecule has 1 saturated heterocycles. The average molecular weight is 293 g/mol. The average Bonchev–Trinajstić information content (AvgIpc) is 2.57. The quantitative estimate of drug-likeness (QED) is 0.801. The lowest BCUT2D eigenvalue weighted by Gasteiger charge is -2.38. The highest BCUT2D eigenvalue weighted by atomic mass is 16.1. The number of aldehydes is 1. The third-order valence-corrected chi connectivity index (χ3v) is 4.85. The van der Waals surface area contributed by atoms with Crippen molar-refractivity contribution in [2.75, 3.05) is 13.1 Å². The Labute approximate surface area is 132 Å². The van der Waals surface area contributed by atoms with Crippen LogP contribution in [0.3, 0.4) is 0 Å². The molecule has 0 bridgehead atoms. The largest absolute Gasteiger partial charge is 0.302 e. The van der Waals surface area contributed by atoms with Gasteiger partial charge in [0.15, 0.2) is 0 Å². The van der Waals surface area contributed by atoms with Crippen molar-refractivity contribution in [3.05, 3.63) is 71.3 Å². The van der Waals surface area contributed by atoms with Crippen LogP contribution in [0.25, 0.3) is 0 Å². The molecule has 22 heavy (non-hydrogen) atoms. The van der Waals surface area contributed by atoms with Crippen molar-refractivity contribution in [2.24, 2.45) is 0 Å². The van der Waals surface area contributed by atoms with Crippen LogP contribution in [0.5, 0.6) is 0 Å². The van der Waals surface area contributed by atoms with Crippen molar-refractivity contribution >= 4 is 6.29 Å². The van der Waals surface area contributed by atoms with E-state index in [1.54, 1.807) is 0 Å². The van der Waals surface area contributed by atoms with Gasteiger partial charge < -0.3 is 4.79 Å². The highest BCUT2D eigenvalue weighted by molar-refractivity contribution is 5.69. The molecule has 0 unspecified atom stereocenters. The maximum Gasteiger partial charge on any atom is 0.130 e. The molecule has 0 N–H and O–H groups in total. The molecule has 114 valence electrons. The highest BCUT2D eigenvalue weighted by Gasteiger charge is 2.35. The molecule has 0 atom stereocenters. The molecule has 1 fully saturated rings. The van der Waals surface area contributed by atoms with Gasteiger partial charge in [-0.1, -0.05) is 60.2 Å². The van der Waals surface area contributed by atoms with Crippen molar-refractivity contribution in [2.45, 2.75) is 31.7 Å². The molecule has 0 spiro atoms. The van der Waals surface area contributed by atoms with Crippen molar-refractivity contribution in [3.63, 3.8) is 0 Å². The molecule has 0 aliphatic carbocycles. The van der Waals surface area contributed by atoms with Gasteiger partial charge in [0.05, 0.1) is 5.41 Å². The Morgan fingerprint density at radius 2 is 1.64 bits per heavy atom. The zero-order valence-corrected chi connectivity index (χ0v) is 13.2. The summed E-state index contributed by atoms with van der Waals surface area (Å²) in [6, 6.07) is 19.0.